The third-order valence-electron chi connectivity index (χ3n) is 8.49. The molecule has 0 fully saturated rings. The van der Waals surface area contributed by atoms with Crippen LogP contribution in [0.5, 0.6) is 0 Å². The number of methoxy groups -OCH3 is 2. The van der Waals surface area contributed by atoms with E-state index in [0.29, 0.717) is 22.4 Å². The summed E-state index contributed by atoms with van der Waals surface area (Å²) in [4.78, 5) is 26.9. The molecule has 0 saturated carbocycles. The number of hydrogen-bond acceptors (Lipinski definition) is 5. The van der Waals surface area contributed by atoms with E-state index < -0.39 is 31.6 Å². The number of allylic oxidation sites excluding steroid dienone is 4. The number of carbonyl (C=O) groups excluding carboxylic acids is 2. The third-order valence-corrected chi connectivity index (χ3v) is 14.5. The molecule has 1 aromatic rings. The maximum Gasteiger partial charge on any atom is 0.328 e. The van der Waals surface area contributed by atoms with Gasteiger partial charge in [-0.1, -0.05) is 104 Å². The zero-order valence-corrected chi connectivity index (χ0v) is 25.1. The lowest BCUT2D eigenvalue weighted by atomic mass is 9.74. The first-order valence-corrected chi connectivity index (χ1v) is 15.5. The number of benzene rings is 1. The summed E-state index contributed by atoms with van der Waals surface area (Å²) in [5.41, 5.74) is 1.01. The van der Waals surface area contributed by atoms with Crippen molar-refractivity contribution in [2.45, 2.75) is 77.9 Å². The van der Waals surface area contributed by atoms with E-state index >= 15 is 0 Å². The molecule has 37 heavy (non-hydrogen) atoms. The Labute approximate surface area is 224 Å². The van der Waals surface area contributed by atoms with Gasteiger partial charge in [0.2, 0.25) is 0 Å². The Morgan fingerprint density at radius 3 is 1.84 bits per heavy atom. The maximum atomic E-state index is 13.5. The Bertz CT molecular complexity index is 1060. The highest BCUT2D eigenvalue weighted by Gasteiger charge is 2.61. The summed E-state index contributed by atoms with van der Waals surface area (Å²) in [7, 11) is 0.176. The van der Waals surface area contributed by atoms with Crippen LogP contribution in [0.25, 0.3) is 0 Å². The molecule has 0 spiro atoms. The van der Waals surface area contributed by atoms with Crippen molar-refractivity contribution >= 4 is 20.3 Å². The highest BCUT2D eigenvalue weighted by atomic mass is 28.4. The van der Waals surface area contributed by atoms with Crippen molar-refractivity contribution in [1.82, 2.24) is 0 Å². The Morgan fingerprint density at radius 2 is 1.38 bits per heavy atom. The number of esters is 2. The van der Waals surface area contributed by atoms with Crippen LogP contribution < -0.4 is 0 Å². The molecule has 2 aliphatic carbocycles. The predicted octanol–water partition coefficient (Wildman–Crippen LogP) is 7.33. The average Bonchev–Trinajstić information content (AvgIpc) is 3.16. The van der Waals surface area contributed by atoms with Gasteiger partial charge in [-0.25, -0.2) is 0 Å². The second-order valence-electron chi connectivity index (χ2n) is 12.0. The van der Waals surface area contributed by atoms with Crippen molar-refractivity contribution in [2.24, 2.45) is 16.7 Å². The van der Waals surface area contributed by atoms with Crippen LogP contribution in [0.1, 0.15) is 66.9 Å². The fourth-order valence-electron chi connectivity index (χ4n) is 6.83. The summed E-state index contributed by atoms with van der Waals surface area (Å²) in [5, 5.41) is 0. The molecule has 1 aromatic carbocycles. The Balaban J connectivity index is 2.39. The number of fused-ring (bicyclic) bond motifs is 1. The molecule has 0 N–H and O–H groups in total. The monoisotopic (exact) mass is 524 g/mol. The first kappa shape index (κ1) is 29.0. The zero-order valence-electron chi connectivity index (χ0n) is 24.1. The molecule has 0 bridgehead atoms. The van der Waals surface area contributed by atoms with Gasteiger partial charge < -0.3 is 13.9 Å². The summed E-state index contributed by atoms with van der Waals surface area (Å²) in [6, 6.07) is 10.4. The molecule has 3 rings (SSSR count). The van der Waals surface area contributed by atoms with Gasteiger partial charge in [0.25, 0.3) is 8.32 Å². The van der Waals surface area contributed by atoms with Gasteiger partial charge in [0.15, 0.2) is 5.41 Å². The smallest absolute Gasteiger partial charge is 0.328 e. The molecule has 0 radical (unpaired) electrons. The van der Waals surface area contributed by atoms with Crippen molar-refractivity contribution in [1.29, 1.82) is 0 Å². The second-order valence-corrected chi connectivity index (χ2v) is 17.3. The summed E-state index contributed by atoms with van der Waals surface area (Å²) in [6.07, 6.45) is 7.90. The van der Waals surface area contributed by atoms with Crippen LogP contribution in [0.4, 0.5) is 0 Å². The second kappa shape index (κ2) is 10.6. The highest BCUT2D eigenvalue weighted by molar-refractivity contribution is 6.77. The lowest BCUT2D eigenvalue weighted by Gasteiger charge is -2.45. The van der Waals surface area contributed by atoms with Gasteiger partial charge in [0.1, 0.15) is 0 Å². The number of hydrogen-bond donors (Lipinski definition) is 0. The quantitative estimate of drug-likeness (QED) is 0.202. The molecule has 6 heteroatoms. The van der Waals surface area contributed by atoms with Gasteiger partial charge in [-0.15, -0.1) is 0 Å². The minimum Gasteiger partial charge on any atom is -0.545 e. The number of carbonyl (C=O) groups is 2. The largest absolute Gasteiger partial charge is 0.545 e. The molecule has 5 nitrogen and oxygen atoms in total. The van der Waals surface area contributed by atoms with E-state index in [2.05, 4.69) is 79.7 Å². The van der Waals surface area contributed by atoms with Crippen LogP contribution in [0.2, 0.25) is 16.6 Å². The van der Waals surface area contributed by atoms with Gasteiger partial charge in [-0.05, 0) is 39.3 Å². The molecular formula is C31H44O5Si. The summed E-state index contributed by atoms with van der Waals surface area (Å²) >= 11 is 0. The molecule has 0 heterocycles. The fraction of sp³-hybridized carbons (Fsp3) is 0.548. The Kier molecular flexibility index (Phi) is 8.33. The first-order chi connectivity index (χ1) is 17.3. The van der Waals surface area contributed by atoms with Gasteiger partial charge >= 0.3 is 11.9 Å². The minimum absolute atomic E-state index is 0.0265. The highest BCUT2D eigenvalue weighted by Crippen LogP contribution is 2.56. The SMILES string of the molecule is COC(=O)C1(C(=O)OC)C=CC2=CC(C)(C)[C@H](c3ccccc3)C=C(O[Si](C(C)C)(C(C)C)C(C)C)[C@@H]21. The zero-order chi connectivity index (χ0) is 27.8. The van der Waals surface area contributed by atoms with E-state index in [9.17, 15) is 9.59 Å². The third kappa shape index (κ3) is 4.73. The predicted molar refractivity (Wildman–Crippen MR) is 150 cm³/mol. The normalized spacial score (nSPS) is 22.3. The van der Waals surface area contributed by atoms with E-state index in [1.54, 1.807) is 6.08 Å². The molecule has 0 unspecified atom stereocenters. The molecule has 2 atom stereocenters. The van der Waals surface area contributed by atoms with Crippen molar-refractivity contribution in [2.75, 3.05) is 14.2 Å². The van der Waals surface area contributed by atoms with Crippen molar-refractivity contribution in [3.05, 3.63) is 71.5 Å². The minimum atomic E-state index is -2.45. The lowest BCUT2D eigenvalue weighted by Crippen LogP contribution is -2.51. The van der Waals surface area contributed by atoms with Crippen molar-refractivity contribution in [3.63, 3.8) is 0 Å². The molecule has 0 saturated heterocycles. The standard InChI is InChI=1S/C31H44O5Si/c1-20(2)37(21(3)4,22(5)6)36-26-18-25(23-14-12-11-13-15-23)30(7,8)19-24-16-17-31(27(24)26,28(32)34-9)29(33)35-10/h11-22,25,27H,1-10H3/t25-,27+/m0/s1. The molecular weight excluding hydrogens is 480 g/mol. The van der Waals surface area contributed by atoms with Crippen LogP contribution in [0, 0.1) is 16.7 Å². The molecule has 0 amide bonds. The average molecular weight is 525 g/mol. The van der Waals surface area contributed by atoms with Crippen molar-refractivity contribution < 1.29 is 23.5 Å². The first-order valence-electron chi connectivity index (χ1n) is 13.3. The lowest BCUT2D eigenvalue weighted by molar-refractivity contribution is -0.167. The molecule has 0 aromatic heterocycles. The Morgan fingerprint density at radius 1 is 0.865 bits per heavy atom. The van der Waals surface area contributed by atoms with Gasteiger partial charge in [-0.2, -0.15) is 0 Å². The van der Waals surface area contributed by atoms with Crippen LogP contribution in [0.3, 0.4) is 0 Å². The number of ether oxygens (including phenoxy) is 2. The van der Waals surface area contributed by atoms with Gasteiger partial charge in [-0.3, -0.25) is 9.59 Å². The maximum absolute atomic E-state index is 13.5. The van der Waals surface area contributed by atoms with Crippen LogP contribution in [-0.2, 0) is 23.5 Å². The topological polar surface area (TPSA) is 61.8 Å². The van der Waals surface area contributed by atoms with E-state index in [1.165, 1.54) is 14.2 Å². The van der Waals surface area contributed by atoms with E-state index in [4.69, 9.17) is 13.9 Å². The molecule has 0 aliphatic heterocycles. The van der Waals surface area contributed by atoms with Gasteiger partial charge in [0.05, 0.1) is 25.9 Å². The molecule has 202 valence electrons. The van der Waals surface area contributed by atoms with E-state index in [0.717, 1.165) is 11.1 Å². The van der Waals surface area contributed by atoms with Crippen LogP contribution in [-0.4, -0.2) is 34.5 Å². The molecule has 2 aliphatic rings. The van der Waals surface area contributed by atoms with Crippen LogP contribution in [0.15, 0.2) is 66.0 Å². The number of rotatable bonds is 8. The fourth-order valence-corrected chi connectivity index (χ4v) is 12.1. The summed E-state index contributed by atoms with van der Waals surface area (Å²) in [5.74, 6) is -1.29. The van der Waals surface area contributed by atoms with Crippen LogP contribution >= 0.6 is 0 Å². The summed E-state index contributed by atoms with van der Waals surface area (Å²) in [6.45, 7) is 17.8. The van der Waals surface area contributed by atoms with E-state index in [-0.39, 0.29) is 11.3 Å². The Hall–Kier alpha value is -2.60. The summed E-state index contributed by atoms with van der Waals surface area (Å²) < 4.78 is 17.8. The van der Waals surface area contributed by atoms with E-state index in [1.807, 2.05) is 24.3 Å². The van der Waals surface area contributed by atoms with Crippen molar-refractivity contribution in [3.8, 4) is 0 Å². The van der Waals surface area contributed by atoms with Gasteiger partial charge in [0, 0.05) is 5.92 Å².